The van der Waals surface area contributed by atoms with Gasteiger partial charge in [-0.1, -0.05) is 6.92 Å². The second-order valence-electron chi connectivity index (χ2n) is 5.32. The number of rotatable bonds is 6. The first kappa shape index (κ1) is 13.9. The Balaban J connectivity index is 2.28. The van der Waals surface area contributed by atoms with Crippen LogP contribution >= 0.6 is 0 Å². The molecule has 2 unspecified atom stereocenters. The molecular formula is C13H29N3. The van der Waals surface area contributed by atoms with Crippen LogP contribution in [0.3, 0.4) is 0 Å². The molecular weight excluding hydrogens is 198 g/mol. The van der Waals surface area contributed by atoms with Gasteiger partial charge in [0.05, 0.1) is 0 Å². The average molecular weight is 227 g/mol. The Morgan fingerprint density at radius 3 is 2.56 bits per heavy atom. The summed E-state index contributed by atoms with van der Waals surface area (Å²) in [5.74, 6) is 0. The predicted molar refractivity (Wildman–Crippen MR) is 70.9 cm³/mol. The van der Waals surface area contributed by atoms with Crippen LogP contribution in [-0.4, -0.2) is 62.2 Å². The third-order valence-corrected chi connectivity index (χ3v) is 3.57. The molecule has 1 fully saturated rings. The second-order valence-corrected chi connectivity index (χ2v) is 5.32. The van der Waals surface area contributed by atoms with E-state index in [-0.39, 0.29) is 0 Å². The fourth-order valence-electron chi connectivity index (χ4n) is 2.63. The number of hydrogen-bond donors (Lipinski definition) is 1. The summed E-state index contributed by atoms with van der Waals surface area (Å²) >= 11 is 0. The lowest BCUT2D eigenvalue weighted by atomic mass is 9.99. The fraction of sp³-hybridized carbons (Fsp3) is 1.00. The van der Waals surface area contributed by atoms with Crippen LogP contribution in [-0.2, 0) is 0 Å². The Morgan fingerprint density at radius 2 is 2.00 bits per heavy atom. The van der Waals surface area contributed by atoms with Crippen molar-refractivity contribution in [3.8, 4) is 0 Å². The zero-order valence-corrected chi connectivity index (χ0v) is 11.5. The van der Waals surface area contributed by atoms with Gasteiger partial charge >= 0.3 is 0 Å². The Labute approximate surface area is 101 Å². The van der Waals surface area contributed by atoms with Gasteiger partial charge in [0.25, 0.3) is 0 Å². The van der Waals surface area contributed by atoms with Gasteiger partial charge in [0.2, 0.25) is 0 Å². The molecule has 0 aromatic heterocycles. The summed E-state index contributed by atoms with van der Waals surface area (Å²) in [6.45, 7) is 9.45. The van der Waals surface area contributed by atoms with E-state index >= 15 is 0 Å². The van der Waals surface area contributed by atoms with Crippen molar-refractivity contribution in [2.24, 2.45) is 0 Å². The molecule has 1 rings (SSSR count). The Morgan fingerprint density at radius 1 is 1.25 bits per heavy atom. The Bertz CT molecular complexity index is 182. The van der Waals surface area contributed by atoms with Crippen LogP contribution in [0, 0.1) is 0 Å². The number of nitrogens with one attached hydrogen (secondary N) is 1. The largest absolute Gasteiger partial charge is 0.314 e. The smallest absolute Gasteiger partial charge is 0.0122 e. The SMILES string of the molecule is CCN(CCCN(C)C)C1CCNC(C)C1. The molecule has 0 radical (unpaired) electrons. The van der Waals surface area contributed by atoms with Crippen molar-refractivity contribution in [3.63, 3.8) is 0 Å². The summed E-state index contributed by atoms with van der Waals surface area (Å²) in [5, 5.41) is 3.53. The van der Waals surface area contributed by atoms with Crippen LogP contribution in [0.5, 0.6) is 0 Å². The van der Waals surface area contributed by atoms with Gasteiger partial charge < -0.3 is 15.1 Å². The molecule has 1 heterocycles. The standard InChI is InChI=1S/C13H29N3/c1-5-16(10-6-9-15(3)4)13-7-8-14-12(2)11-13/h12-14H,5-11H2,1-4H3. The molecule has 1 saturated heterocycles. The Kier molecular flexibility index (Phi) is 6.32. The van der Waals surface area contributed by atoms with E-state index in [1.54, 1.807) is 0 Å². The highest BCUT2D eigenvalue weighted by atomic mass is 15.2. The van der Waals surface area contributed by atoms with Crippen molar-refractivity contribution < 1.29 is 0 Å². The maximum absolute atomic E-state index is 3.53. The summed E-state index contributed by atoms with van der Waals surface area (Å²) in [6.07, 6.45) is 3.93. The first-order valence-corrected chi connectivity index (χ1v) is 6.75. The highest BCUT2D eigenvalue weighted by Gasteiger charge is 2.22. The van der Waals surface area contributed by atoms with Gasteiger partial charge in [0.1, 0.15) is 0 Å². The molecule has 0 bridgehead atoms. The van der Waals surface area contributed by atoms with Gasteiger partial charge in [-0.15, -0.1) is 0 Å². The van der Waals surface area contributed by atoms with Crippen molar-refractivity contribution in [1.29, 1.82) is 0 Å². The molecule has 0 amide bonds. The lowest BCUT2D eigenvalue weighted by Crippen LogP contribution is -2.47. The number of nitrogens with zero attached hydrogens (tertiary/aromatic N) is 2. The fourth-order valence-corrected chi connectivity index (χ4v) is 2.63. The molecule has 1 N–H and O–H groups in total. The maximum Gasteiger partial charge on any atom is 0.0122 e. The monoisotopic (exact) mass is 227 g/mol. The van der Waals surface area contributed by atoms with Crippen LogP contribution in [0.4, 0.5) is 0 Å². The molecule has 2 atom stereocenters. The predicted octanol–water partition coefficient (Wildman–Crippen LogP) is 1.40. The summed E-state index contributed by atoms with van der Waals surface area (Å²) < 4.78 is 0. The molecule has 1 aliphatic rings. The second kappa shape index (κ2) is 7.25. The van der Waals surface area contributed by atoms with E-state index in [4.69, 9.17) is 0 Å². The van der Waals surface area contributed by atoms with Crippen LogP contribution in [0.15, 0.2) is 0 Å². The molecule has 96 valence electrons. The lowest BCUT2D eigenvalue weighted by Gasteiger charge is -2.36. The van der Waals surface area contributed by atoms with E-state index in [1.165, 1.54) is 45.4 Å². The van der Waals surface area contributed by atoms with Gasteiger partial charge in [-0.3, -0.25) is 0 Å². The zero-order valence-electron chi connectivity index (χ0n) is 11.5. The number of piperidine rings is 1. The minimum absolute atomic E-state index is 0.696. The van der Waals surface area contributed by atoms with Crippen molar-refractivity contribution in [1.82, 2.24) is 15.1 Å². The van der Waals surface area contributed by atoms with Crippen molar-refractivity contribution in [2.75, 3.05) is 40.3 Å². The summed E-state index contributed by atoms with van der Waals surface area (Å²) in [6, 6.07) is 1.50. The molecule has 0 spiro atoms. The van der Waals surface area contributed by atoms with E-state index < -0.39 is 0 Å². The first-order valence-electron chi connectivity index (χ1n) is 6.75. The van der Waals surface area contributed by atoms with E-state index in [0.717, 1.165) is 6.04 Å². The van der Waals surface area contributed by atoms with Gasteiger partial charge in [-0.25, -0.2) is 0 Å². The summed E-state index contributed by atoms with van der Waals surface area (Å²) in [5.41, 5.74) is 0. The maximum atomic E-state index is 3.53. The quantitative estimate of drug-likeness (QED) is 0.740. The van der Waals surface area contributed by atoms with Gasteiger partial charge in [0, 0.05) is 12.1 Å². The first-order chi connectivity index (χ1) is 7.63. The van der Waals surface area contributed by atoms with Crippen LogP contribution in [0.2, 0.25) is 0 Å². The van der Waals surface area contributed by atoms with Crippen LogP contribution in [0.25, 0.3) is 0 Å². The molecule has 0 aromatic rings. The van der Waals surface area contributed by atoms with E-state index in [0.29, 0.717) is 6.04 Å². The van der Waals surface area contributed by atoms with Crippen LogP contribution in [0.1, 0.15) is 33.1 Å². The highest BCUT2D eigenvalue weighted by Crippen LogP contribution is 2.15. The highest BCUT2D eigenvalue weighted by molar-refractivity contribution is 4.81. The average Bonchev–Trinajstić information content (AvgIpc) is 2.24. The van der Waals surface area contributed by atoms with Crippen molar-refractivity contribution in [3.05, 3.63) is 0 Å². The summed E-state index contributed by atoms with van der Waals surface area (Å²) in [4.78, 5) is 4.94. The molecule has 1 aliphatic heterocycles. The normalized spacial score (nSPS) is 26.6. The summed E-state index contributed by atoms with van der Waals surface area (Å²) in [7, 11) is 4.31. The van der Waals surface area contributed by atoms with Gasteiger partial charge in [-0.2, -0.15) is 0 Å². The molecule has 0 saturated carbocycles. The minimum atomic E-state index is 0.696. The van der Waals surface area contributed by atoms with Gasteiger partial charge in [-0.05, 0) is 66.5 Å². The number of hydrogen-bond acceptors (Lipinski definition) is 3. The molecule has 3 heteroatoms. The minimum Gasteiger partial charge on any atom is -0.314 e. The van der Waals surface area contributed by atoms with Crippen LogP contribution < -0.4 is 5.32 Å². The molecule has 0 aromatic carbocycles. The topological polar surface area (TPSA) is 18.5 Å². The van der Waals surface area contributed by atoms with E-state index in [1.807, 2.05) is 0 Å². The molecule has 0 aliphatic carbocycles. The molecule has 16 heavy (non-hydrogen) atoms. The van der Waals surface area contributed by atoms with E-state index in [2.05, 4.69) is 43.1 Å². The van der Waals surface area contributed by atoms with Crippen molar-refractivity contribution >= 4 is 0 Å². The molecule has 3 nitrogen and oxygen atoms in total. The Hall–Kier alpha value is -0.120. The zero-order chi connectivity index (χ0) is 12.0. The van der Waals surface area contributed by atoms with Gasteiger partial charge in [0.15, 0.2) is 0 Å². The lowest BCUT2D eigenvalue weighted by molar-refractivity contribution is 0.148. The third-order valence-electron chi connectivity index (χ3n) is 3.57. The van der Waals surface area contributed by atoms with E-state index in [9.17, 15) is 0 Å². The van der Waals surface area contributed by atoms with Crippen molar-refractivity contribution in [2.45, 2.75) is 45.2 Å². The third kappa shape index (κ3) is 4.81.